The molecule has 4 aliphatic rings. The molecule has 222 valence electrons. The van der Waals surface area contributed by atoms with E-state index in [1.54, 1.807) is 12.8 Å². The summed E-state index contributed by atoms with van der Waals surface area (Å²) >= 11 is 0. The molecular formula is C37H68O. The fourth-order valence-electron chi connectivity index (χ4n) is 10.8. The van der Waals surface area contributed by atoms with Crippen molar-refractivity contribution in [3.8, 4) is 0 Å². The predicted molar refractivity (Wildman–Crippen MR) is 165 cm³/mol. The lowest BCUT2D eigenvalue weighted by molar-refractivity contribution is -0.0356. The quantitative estimate of drug-likeness (QED) is 0.299. The van der Waals surface area contributed by atoms with E-state index in [4.69, 9.17) is 0 Å². The number of aliphatic hydroxyl groups excluding tert-OH is 1. The second-order valence-electron chi connectivity index (χ2n) is 15.9. The average molecular weight is 529 g/mol. The molecule has 4 aliphatic carbocycles. The smallest absolute Gasteiger partial charge is 0.0568 e. The van der Waals surface area contributed by atoms with Crippen molar-refractivity contribution in [3.05, 3.63) is 0 Å². The second kappa shape index (κ2) is 14.2. The maximum atomic E-state index is 10.6. The molecule has 1 N–H and O–H groups in total. The molecule has 1 heteroatoms. The molecule has 5 unspecified atom stereocenters. The van der Waals surface area contributed by atoms with Gasteiger partial charge in [-0.05, 0) is 142 Å². The fourth-order valence-corrected chi connectivity index (χ4v) is 10.8. The van der Waals surface area contributed by atoms with Crippen LogP contribution in [0.15, 0.2) is 0 Å². The second-order valence-corrected chi connectivity index (χ2v) is 15.9. The average Bonchev–Trinajstić information content (AvgIpc) is 2.94. The van der Waals surface area contributed by atoms with Gasteiger partial charge in [0.25, 0.3) is 0 Å². The summed E-state index contributed by atoms with van der Waals surface area (Å²) < 4.78 is 0. The standard InChI is InChI=1S/C37H68O/c1-7-11-26(2)31-20-22-37(23-21-31,35-18-16-33(17-19-35)32-12-9-8-10-13-32)29(5)24-28(4)30(6)34-15-14-27(3)36(38)25-34/h26-36,38H,7-25H2,1-6H3/t26?,27-,28?,29+,30?,31?,33?,34?,35?,36?,37?/m1/s1. The van der Waals surface area contributed by atoms with Gasteiger partial charge in [0.05, 0.1) is 6.10 Å². The topological polar surface area (TPSA) is 20.2 Å². The highest BCUT2D eigenvalue weighted by Crippen LogP contribution is 2.58. The van der Waals surface area contributed by atoms with Gasteiger partial charge in [0, 0.05) is 0 Å². The van der Waals surface area contributed by atoms with Crippen LogP contribution in [0.4, 0.5) is 0 Å². The van der Waals surface area contributed by atoms with E-state index >= 15 is 0 Å². The number of rotatable bonds is 10. The van der Waals surface area contributed by atoms with Gasteiger partial charge < -0.3 is 5.11 Å². The predicted octanol–water partition coefficient (Wildman–Crippen LogP) is 11.1. The van der Waals surface area contributed by atoms with Crippen LogP contribution in [0.2, 0.25) is 0 Å². The molecule has 0 aromatic heterocycles. The van der Waals surface area contributed by atoms with Gasteiger partial charge in [0.2, 0.25) is 0 Å². The molecule has 4 rings (SSSR count). The normalized spacial score (nSPS) is 40.8. The number of hydrogen-bond donors (Lipinski definition) is 1. The van der Waals surface area contributed by atoms with Gasteiger partial charge in [-0.2, -0.15) is 0 Å². The third-order valence-corrected chi connectivity index (χ3v) is 14.0. The zero-order valence-electron chi connectivity index (χ0n) is 26.7. The Kier molecular flexibility index (Phi) is 11.6. The van der Waals surface area contributed by atoms with Gasteiger partial charge in [-0.1, -0.05) is 86.5 Å². The maximum Gasteiger partial charge on any atom is 0.0568 e. The van der Waals surface area contributed by atoms with Crippen molar-refractivity contribution in [1.29, 1.82) is 0 Å². The third kappa shape index (κ3) is 7.23. The largest absolute Gasteiger partial charge is 0.393 e. The zero-order valence-corrected chi connectivity index (χ0v) is 26.7. The van der Waals surface area contributed by atoms with E-state index in [2.05, 4.69) is 41.5 Å². The van der Waals surface area contributed by atoms with Crippen molar-refractivity contribution >= 4 is 0 Å². The van der Waals surface area contributed by atoms with E-state index in [9.17, 15) is 5.11 Å². The minimum Gasteiger partial charge on any atom is -0.393 e. The van der Waals surface area contributed by atoms with Gasteiger partial charge in [0.15, 0.2) is 0 Å². The van der Waals surface area contributed by atoms with E-state index in [0.29, 0.717) is 11.3 Å². The summed E-state index contributed by atoms with van der Waals surface area (Å²) in [6.07, 6.45) is 27.6. The Labute approximate surface area is 239 Å². The molecule has 1 nitrogen and oxygen atoms in total. The highest BCUT2D eigenvalue weighted by molar-refractivity contribution is 4.98. The van der Waals surface area contributed by atoms with Crippen molar-refractivity contribution in [1.82, 2.24) is 0 Å². The van der Waals surface area contributed by atoms with Crippen LogP contribution in [0, 0.1) is 64.6 Å². The summed E-state index contributed by atoms with van der Waals surface area (Å²) in [6.45, 7) is 15.0. The first kappa shape index (κ1) is 30.9. The van der Waals surface area contributed by atoms with Gasteiger partial charge in [-0.3, -0.25) is 0 Å². The van der Waals surface area contributed by atoms with Gasteiger partial charge in [0.1, 0.15) is 0 Å². The Hall–Kier alpha value is -0.0400. The molecule has 7 atom stereocenters. The number of aliphatic hydroxyl groups is 1. The molecule has 0 bridgehead atoms. The van der Waals surface area contributed by atoms with Gasteiger partial charge in [-0.25, -0.2) is 0 Å². The summed E-state index contributed by atoms with van der Waals surface area (Å²) in [7, 11) is 0. The summed E-state index contributed by atoms with van der Waals surface area (Å²) in [6, 6.07) is 0. The number of hydrogen-bond acceptors (Lipinski definition) is 1. The summed E-state index contributed by atoms with van der Waals surface area (Å²) in [5.74, 6) is 8.64. The van der Waals surface area contributed by atoms with E-state index in [1.807, 2.05) is 0 Å². The molecule has 4 saturated carbocycles. The Morgan fingerprint density at radius 1 is 0.737 bits per heavy atom. The van der Waals surface area contributed by atoms with Gasteiger partial charge in [-0.15, -0.1) is 0 Å². The lowest BCUT2D eigenvalue weighted by atomic mass is 9.52. The molecule has 4 fully saturated rings. The van der Waals surface area contributed by atoms with Crippen LogP contribution in [0.25, 0.3) is 0 Å². The van der Waals surface area contributed by atoms with Crippen molar-refractivity contribution < 1.29 is 5.11 Å². The maximum absolute atomic E-state index is 10.6. The minimum atomic E-state index is -0.0631. The van der Waals surface area contributed by atoms with Crippen LogP contribution in [-0.2, 0) is 0 Å². The van der Waals surface area contributed by atoms with Gasteiger partial charge >= 0.3 is 0 Å². The van der Waals surface area contributed by atoms with Crippen LogP contribution in [0.3, 0.4) is 0 Å². The van der Waals surface area contributed by atoms with E-state index in [0.717, 1.165) is 59.7 Å². The van der Waals surface area contributed by atoms with Crippen molar-refractivity contribution in [2.24, 2.45) is 64.6 Å². The Morgan fingerprint density at radius 3 is 1.97 bits per heavy atom. The molecule has 0 amide bonds. The molecule has 0 aliphatic heterocycles. The van der Waals surface area contributed by atoms with Crippen LogP contribution >= 0.6 is 0 Å². The van der Waals surface area contributed by atoms with Crippen molar-refractivity contribution in [3.63, 3.8) is 0 Å². The SMILES string of the molecule is CCCC(C)C1CCC(C2CCC(C3CCCCC3)CC2)([C@@H](C)CC(C)C(C)C2CC[C@@H](C)C(O)C2)CC1. The molecule has 0 radical (unpaired) electrons. The first-order valence-corrected chi connectivity index (χ1v) is 17.9. The first-order valence-electron chi connectivity index (χ1n) is 17.9. The lowest BCUT2D eigenvalue weighted by Crippen LogP contribution is -2.44. The third-order valence-electron chi connectivity index (χ3n) is 14.0. The summed E-state index contributed by atoms with van der Waals surface area (Å²) in [5.41, 5.74) is 0.606. The Bertz CT molecular complexity index is 662. The molecule has 38 heavy (non-hydrogen) atoms. The van der Waals surface area contributed by atoms with Crippen LogP contribution in [-0.4, -0.2) is 11.2 Å². The van der Waals surface area contributed by atoms with Crippen molar-refractivity contribution in [2.45, 2.75) is 170 Å². The summed E-state index contributed by atoms with van der Waals surface area (Å²) in [4.78, 5) is 0. The lowest BCUT2D eigenvalue weighted by Gasteiger charge is -2.53. The minimum absolute atomic E-state index is 0.0631. The van der Waals surface area contributed by atoms with Crippen LogP contribution < -0.4 is 0 Å². The molecule has 0 spiro atoms. The fraction of sp³-hybridized carbons (Fsp3) is 1.00. The molecular weight excluding hydrogens is 460 g/mol. The Balaban J connectivity index is 1.41. The molecule has 0 saturated heterocycles. The van der Waals surface area contributed by atoms with E-state index < -0.39 is 0 Å². The monoisotopic (exact) mass is 529 g/mol. The van der Waals surface area contributed by atoms with Crippen LogP contribution in [0.5, 0.6) is 0 Å². The molecule has 0 aromatic rings. The summed E-state index contributed by atoms with van der Waals surface area (Å²) in [5, 5.41) is 10.6. The first-order chi connectivity index (χ1) is 18.2. The molecule has 0 heterocycles. The highest BCUT2D eigenvalue weighted by atomic mass is 16.3. The van der Waals surface area contributed by atoms with E-state index in [-0.39, 0.29) is 6.10 Å². The molecule has 0 aromatic carbocycles. The van der Waals surface area contributed by atoms with Crippen LogP contribution in [0.1, 0.15) is 164 Å². The van der Waals surface area contributed by atoms with E-state index in [1.165, 1.54) is 103 Å². The van der Waals surface area contributed by atoms with Crippen molar-refractivity contribution in [2.75, 3.05) is 0 Å². The zero-order chi connectivity index (χ0) is 27.3. The Morgan fingerprint density at radius 2 is 1.37 bits per heavy atom. The highest BCUT2D eigenvalue weighted by Gasteiger charge is 2.48.